The van der Waals surface area contributed by atoms with Crippen molar-refractivity contribution in [3.8, 4) is 0 Å². The number of piperazine rings is 1. The Bertz CT molecular complexity index is 481. The molecule has 1 N–H and O–H groups in total. The first kappa shape index (κ1) is 13.0. The molecule has 0 spiro atoms. The van der Waals surface area contributed by atoms with Crippen LogP contribution in [0.25, 0.3) is 0 Å². The normalized spacial score (nSPS) is 22.8. The maximum Gasteiger partial charge on any atom is 0.252 e. The van der Waals surface area contributed by atoms with Crippen LogP contribution in [0, 0.1) is 0 Å². The lowest BCUT2D eigenvalue weighted by Gasteiger charge is -2.32. The Kier molecular flexibility index (Phi) is 3.87. The van der Waals surface area contributed by atoms with Crippen molar-refractivity contribution < 1.29 is 8.42 Å². The molecule has 1 aromatic heterocycles. The highest BCUT2D eigenvalue weighted by molar-refractivity contribution is 7.91. The third kappa shape index (κ3) is 2.54. The van der Waals surface area contributed by atoms with Gasteiger partial charge in [-0.25, -0.2) is 8.42 Å². The van der Waals surface area contributed by atoms with Gasteiger partial charge in [-0.1, -0.05) is 6.92 Å². The highest BCUT2D eigenvalue weighted by atomic mass is 32.2. The van der Waals surface area contributed by atoms with Gasteiger partial charge in [0.25, 0.3) is 10.0 Å². The number of rotatable bonds is 3. The van der Waals surface area contributed by atoms with E-state index in [0.717, 1.165) is 24.4 Å². The molecule has 1 aromatic rings. The molecule has 1 atom stereocenters. The van der Waals surface area contributed by atoms with Gasteiger partial charge in [0.05, 0.1) is 0 Å². The van der Waals surface area contributed by atoms with Gasteiger partial charge in [-0.05, 0) is 25.5 Å². The molecule has 17 heavy (non-hydrogen) atoms. The zero-order valence-corrected chi connectivity index (χ0v) is 11.8. The second kappa shape index (κ2) is 5.06. The number of nitrogens with one attached hydrogen (secondary N) is 1. The van der Waals surface area contributed by atoms with Crippen molar-refractivity contribution in [2.75, 3.05) is 19.6 Å². The Balaban J connectivity index is 2.28. The van der Waals surface area contributed by atoms with E-state index in [2.05, 4.69) is 5.32 Å². The molecular weight excluding hydrogens is 256 g/mol. The Morgan fingerprint density at radius 3 is 2.88 bits per heavy atom. The summed E-state index contributed by atoms with van der Waals surface area (Å²) in [6.07, 6.45) is 0.886. The molecule has 6 heteroatoms. The van der Waals surface area contributed by atoms with E-state index in [4.69, 9.17) is 0 Å². The highest BCUT2D eigenvalue weighted by Crippen LogP contribution is 2.26. The lowest BCUT2D eigenvalue weighted by Crippen LogP contribution is -2.51. The van der Waals surface area contributed by atoms with E-state index in [9.17, 15) is 8.42 Å². The van der Waals surface area contributed by atoms with E-state index >= 15 is 0 Å². The van der Waals surface area contributed by atoms with E-state index in [0.29, 0.717) is 10.8 Å². The minimum absolute atomic E-state index is 0.0286. The molecule has 2 heterocycles. The van der Waals surface area contributed by atoms with E-state index in [1.165, 1.54) is 11.3 Å². The van der Waals surface area contributed by atoms with Gasteiger partial charge in [0, 0.05) is 30.6 Å². The number of sulfonamides is 1. The lowest BCUT2D eigenvalue weighted by atomic mass is 10.3. The molecule has 1 fully saturated rings. The van der Waals surface area contributed by atoms with Crippen LogP contribution in [0.3, 0.4) is 0 Å². The van der Waals surface area contributed by atoms with Gasteiger partial charge in [-0.2, -0.15) is 4.31 Å². The summed E-state index contributed by atoms with van der Waals surface area (Å²) in [5.74, 6) is 0. The standard InChI is InChI=1S/C11H18N2O2S2/c1-3-10-4-5-11(16-10)17(14,15)13-7-6-12-8-9(13)2/h4-5,9,12H,3,6-8H2,1-2H3/t9-/m0/s1. The largest absolute Gasteiger partial charge is 0.314 e. The van der Waals surface area contributed by atoms with Crippen molar-refractivity contribution >= 4 is 21.4 Å². The summed E-state index contributed by atoms with van der Waals surface area (Å²) >= 11 is 1.39. The Morgan fingerprint density at radius 2 is 2.29 bits per heavy atom. The predicted molar refractivity (Wildman–Crippen MR) is 69.9 cm³/mol. The van der Waals surface area contributed by atoms with Crippen LogP contribution >= 0.6 is 11.3 Å². The fourth-order valence-electron chi connectivity index (χ4n) is 1.98. The van der Waals surface area contributed by atoms with Gasteiger partial charge in [0.1, 0.15) is 4.21 Å². The van der Waals surface area contributed by atoms with Crippen LogP contribution in [-0.2, 0) is 16.4 Å². The minimum Gasteiger partial charge on any atom is -0.314 e. The molecule has 1 aliphatic rings. The number of hydrogen-bond acceptors (Lipinski definition) is 4. The fourth-order valence-corrected chi connectivity index (χ4v) is 5.04. The summed E-state index contributed by atoms with van der Waals surface area (Å²) in [6, 6.07) is 3.67. The molecule has 0 saturated carbocycles. The molecule has 96 valence electrons. The molecule has 0 aliphatic carbocycles. The zero-order chi connectivity index (χ0) is 12.5. The second-order valence-corrected chi connectivity index (χ2v) is 7.53. The maximum absolute atomic E-state index is 12.4. The molecular formula is C11H18N2O2S2. The third-order valence-corrected chi connectivity index (χ3v) is 6.70. The minimum atomic E-state index is -3.29. The first-order valence-corrected chi connectivity index (χ1v) is 8.12. The molecule has 0 amide bonds. The van der Waals surface area contributed by atoms with Gasteiger partial charge in [-0.15, -0.1) is 11.3 Å². The molecule has 1 aliphatic heterocycles. The molecule has 0 unspecified atom stereocenters. The molecule has 2 rings (SSSR count). The van der Waals surface area contributed by atoms with Gasteiger partial charge < -0.3 is 5.32 Å². The van der Waals surface area contributed by atoms with E-state index in [1.807, 2.05) is 19.9 Å². The fraction of sp³-hybridized carbons (Fsp3) is 0.636. The summed E-state index contributed by atoms with van der Waals surface area (Å²) in [5, 5.41) is 3.20. The van der Waals surface area contributed by atoms with Crippen molar-refractivity contribution in [2.45, 2.75) is 30.5 Å². The molecule has 1 saturated heterocycles. The number of nitrogens with zero attached hydrogens (tertiary/aromatic N) is 1. The first-order chi connectivity index (χ1) is 8.05. The zero-order valence-electron chi connectivity index (χ0n) is 10.1. The van der Waals surface area contributed by atoms with Crippen LogP contribution in [0.15, 0.2) is 16.3 Å². The summed E-state index contributed by atoms with van der Waals surface area (Å²) in [7, 11) is -3.29. The molecule has 0 aromatic carbocycles. The van der Waals surface area contributed by atoms with Crippen LogP contribution in [-0.4, -0.2) is 38.4 Å². The van der Waals surface area contributed by atoms with Crippen LogP contribution in [0.4, 0.5) is 0 Å². The van der Waals surface area contributed by atoms with E-state index < -0.39 is 10.0 Å². The summed E-state index contributed by atoms with van der Waals surface area (Å²) < 4.78 is 27.0. The number of thiophene rings is 1. The number of hydrogen-bond donors (Lipinski definition) is 1. The monoisotopic (exact) mass is 274 g/mol. The van der Waals surface area contributed by atoms with Crippen LogP contribution in [0.5, 0.6) is 0 Å². The average molecular weight is 274 g/mol. The summed E-state index contributed by atoms with van der Waals surface area (Å²) in [6.45, 7) is 6.00. The maximum atomic E-state index is 12.4. The van der Waals surface area contributed by atoms with Gasteiger partial charge in [0.2, 0.25) is 0 Å². The SMILES string of the molecule is CCc1ccc(S(=O)(=O)N2CCNC[C@@H]2C)s1. The Hall–Kier alpha value is -0.430. The molecule has 0 radical (unpaired) electrons. The van der Waals surface area contributed by atoms with Crippen LogP contribution < -0.4 is 5.32 Å². The van der Waals surface area contributed by atoms with Gasteiger partial charge >= 0.3 is 0 Å². The lowest BCUT2D eigenvalue weighted by molar-refractivity contribution is 0.284. The Morgan fingerprint density at radius 1 is 1.53 bits per heavy atom. The quantitative estimate of drug-likeness (QED) is 0.903. The van der Waals surface area contributed by atoms with Crippen molar-refractivity contribution in [3.63, 3.8) is 0 Å². The summed E-state index contributed by atoms with van der Waals surface area (Å²) in [5.41, 5.74) is 0. The highest BCUT2D eigenvalue weighted by Gasteiger charge is 2.31. The summed E-state index contributed by atoms with van der Waals surface area (Å²) in [4.78, 5) is 1.12. The van der Waals surface area contributed by atoms with E-state index in [-0.39, 0.29) is 6.04 Å². The second-order valence-electron chi connectivity index (χ2n) is 4.24. The van der Waals surface area contributed by atoms with Gasteiger partial charge in [0.15, 0.2) is 0 Å². The first-order valence-electron chi connectivity index (χ1n) is 5.87. The van der Waals surface area contributed by atoms with Crippen molar-refractivity contribution in [3.05, 3.63) is 17.0 Å². The molecule has 4 nitrogen and oxygen atoms in total. The Labute approximate surface area is 107 Å². The average Bonchev–Trinajstić information content (AvgIpc) is 2.78. The van der Waals surface area contributed by atoms with Crippen LogP contribution in [0.1, 0.15) is 18.7 Å². The van der Waals surface area contributed by atoms with Crippen LogP contribution in [0.2, 0.25) is 0 Å². The predicted octanol–water partition coefficient (Wildman–Crippen LogP) is 1.29. The van der Waals surface area contributed by atoms with Crippen molar-refractivity contribution in [1.29, 1.82) is 0 Å². The smallest absolute Gasteiger partial charge is 0.252 e. The van der Waals surface area contributed by atoms with Crippen molar-refractivity contribution in [1.82, 2.24) is 9.62 Å². The van der Waals surface area contributed by atoms with Crippen molar-refractivity contribution in [2.24, 2.45) is 0 Å². The molecule has 0 bridgehead atoms. The van der Waals surface area contributed by atoms with E-state index in [1.54, 1.807) is 10.4 Å². The van der Waals surface area contributed by atoms with Gasteiger partial charge in [-0.3, -0.25) is 0 Å². The topological polar surface area (TPSA) is 49.4 Å². The number of aryl methyl sites for hydroxylation is 1. The third-order valence-electron chi connectivity index (χ3n) is 2.99.